The van der Waals surface area contributed by atoms with Crippen molar-refractivity contribution in [2.24, 2.45) is 10.9 Å². The topological polar surface area (TPSA) is 133 Å². The molecular weight excluding hydrogens is 280 g/mol. The molecule has 9 heteroatoms. The number of amidine groups is 1. The molecule has 21 heavy (non-hydrogen) atoms. The van der Waals surface area contributed by atoms with Crippen molar-refractivity contribution < 1.29 is 19.6 Å². The summed E-state index contributed by atoms with van der Waals surface area (Å²) >= 11 is 0. The number of pyridine rings is 1. The van der Waals surface area contributed by atoms with Gasteiger partial charge in [-0.2, -0.15) is 0 Å². The Hall–Kier alpha value is -2.42. The van der Waals surface area contributed by atoms with Crippen LogP contribution >= 0.6 is 0 Å². The van der Waals surface area contributed by atoms with E-state index in [9.17, 15) is 10.1 Å². The normalized spacial score (nSPS) is 12.2. The van der Waals surface area contributed by atoms with Crippen LogP contribution < -0.4 is 10.5 Å². The summed E-state index contributed by atoms with van der Waals surface area (Å²) in [6.45, 7) is 6.18. The molecule has 1 aromatic heterocycles. The molecule has 0 atom stereocenters. The highest BCUT2D eigenvalue weighted by atomic mass is 16.6. The van der Waals surface area contributed by atoms with Gasteiger partial charge in [0.25, 0.3) is 5.69 Å². The number of aromatic nitrogens is 1. The van der Waals surface area contributed by atoms with Crippen LogP contribution in [-0.2, 0) is 4.74 Å². The van der Waals surface area contributed by atoms with Crippen molar-refractivity contribution in [2.45, 2.75) is 26.4 Å². The predicted octanol–water partition coefficient (Wildman–Crippen LogP) is 1.28. The molecule has 0 fully saturated rings. The van der Waals surface area contributed by atoms with Gasteiger partial charge in [0.1, 0.15) is 12.8 Å². The molecule has 0 aliphatic carbocycles. The van der Waals surface area contributed by atoms with E-state index in [0.717, 1.165) is 12.3 Å². The fraction of sp³-hybridized carbons (Fsp3) is 0.500. The van der Waals surface area contributed by atoms with Crippen molar-refractivity contribution >= 4 is 11.5 Å². The van der Waals surface area contributed by atoms with Gasteiger partial charge < -0.3 is 20.4 Å². The summed E-state index contributed by atoms with van der Waals surface area (Å²) in [5, 5.41) is 22.2. The third-order valence-corrected chi connectivity index (χ3v) is 2.29. The Morgan fingerprint density at radius 1 is 1.52 bits per heavy atom. The second-order valence-electron chi connectivity index (χ2n) is 5.10. The van der Waals surface area contributed by atoms with Crippen LogP contribution in [0.3, 0.4) is 0 Å². The fourth-order valence-electron chi connectivity index (χ4n) is 1.38. The molecule has 0 unspecified atom stereocenters. The summed E-state index contributed by atoms with van der Waals surface area (Å²) in [5.41, 5.74) is 4.92. The van der Waals surface area contributed by atoms with E-state index in [1.54, 1.807) is 0 Å². The molecule has 1 heterocycles. The summed E-state index contributed by atoms with van der Waals surface area (Å²) in [6.07, 6.45) is 1.04. The van der Waals surface area contributed by atoms with Crippen LogP contribution in [0.2, 0.25) is 0 Å². The highest BCUT2D eigenvalue weighted by Gasteiger charge is 2.17. The molecule has 1 aromatic rings. The van der Waals surface area contributed by atoms with Crippen molar-refractivity contribution in [3.8, 4) is 5.88 Å². The summed E-state index contributed by atoms with van der Waals surface area (Å²) in [6, 6.07) is 1.13. The van der Waals surface area contributed by atoms with E-state index in [2.05, 4.69) is 10.1 Å². The average Bonchev–Trinajstić information content (AvgIpc) is 2.41. The van der Waals surface area contributed by atoms with Crippen molar-refractivity contribution in [3.05, 3.63) is 27.9 Å². The van der Waals surface area contributed by atoms with E-state index in [-0.39, 0.29) is 35.2 Å². The van der Waals surface area contributed by atoms with Gasteiger partial charge in [0.2, 0.25) is 5.88 Å². The number of nitrogens with two attached hydrogens (primary N) is 1. The number of ether oxygens (including phenoxy) is 2. The van der Waals surface area contributed by atoms with Gasteiger partial charge in [0.15, 0.2) is 5.84 Å². The Balaban J connectivity index is 2.84. The smallest absolute Gasteiger partial charge is 0.288 e. The van der Waals surface area contributed by atoms with E-state index in [0.29, 0.717) is 6.61 Å². The Morgan fingerprint density at radius 2 is 2.19 bits per heavy atom. The van der Waals surface area contributed by atoms with Crippen molar-refractivity contribution in [3.63, 3.8) is 0 Å². The maximum Gasteiger partial charge on any atom is 0.288 e. The van der Waals surface area contributed by atoms with Crippen molar-refractivity contribution in [2.75, 3.05) is 13.2 Å². The van der Waals surface area contributed by atoms with Gasteiger partial charge >= 0.3 is 0 Å². The lowest BCUT2D eigenvalue weighted by Crippen LogP contribution is -2.23. The molecule has 0 bridgehead atoms. The highest BCUT2D eigenvalue weighted by molar-refractivity contribution is 5.99. The first-order valence-electron chi connectivity index (χ1n) is 6.13. The number of rotatable bonds is 6. The maximum atomic E-state index is 10.7. The van der Waals surface area contributed by atoms with Crippen LogP contribution in [0.15, 0.2) is 17.4 Å². The fourth-order valence-corrected chi connectivity index (χ4v) is 1.38. The Bertz CT molecular complexity index is 539. The summed E-state index contributed by atoms with van der Waals surface area (Å²) in [4.78, 5) is 13.9. The number of nitrogens with zero attached hydrogens (tertiary/aromatic N) is 3. The minimum Gasteiger partial charge on any atom is -0.475 e. The van der Waals surface area contributed by atoms with Crippen LogP contribution in [0.1, 0.15) is 26.3 Å². The number of hydrogen-bond acceptors (Lipinski definition) is 7. The van der Waals surface area contributed by atoms with E-state index in [1.165, 1.54) is 0 Å². The van der Waals surface area contributed by atoms with Gasteiger partial charge in [-0.25, -0.2) is 4.98 Å². The Morgan fingerprint density at radius 3 is 2.71 bits per heavy atom. The van der Waals surface area contributed by atoms with Gasteiger partial charge in [0, 0.05) is 6.07 Å². The zero-order chi connectivity index (χ0) is 16.0. The molecule has 0 radical (unpaired) electrons. The Labute approximate surface area is 121 Å². The van der Waals surface area contributed by atoms with Crippen LogP contribution in [0.5, 0.6) is 5.88 Å². The minimum atomic E-state index is -0.631. The largest absolute Gasteiger partial charge is 0.475 e. The first-order valence-corrected chi connectivity index (χ1v) is 6.13. The lowest BCUT2D eigenvalue weighted by molar-refractivity contribution is -0.385. The van der Waals surface area contributed by atoms with E-state index in [4.69, 9.17) is 20.4 Å². The van der Waals surface area contributed by atoms with Crippen LogP contribution in [0, 0.1) is 10.1 Å². The lowest BCUT2D eigenvalue weighted by atomic mass is 10.2. The summed E-state index contributed by atoms with van der Waals surface area (Å²) in [7, 11) is 0. The third kappa shape index (κ3) is 5.22. The molecule has 0 aliphatic heterocycles. The number of oxime groups is 1. The lowest BCUT2D eigenvalue weighted by Gasteiger charge is -2.19. The molecule has 0 saturated heterocycles. The first kappa shape index (κ1) is 16.6. The first-order chi connectivity index (χ1) is 9.74. The van der Waals surface area contributed by atoms with Crippen molar-refractivity contribution in [1.82, 2.24) is 4.98 Å². The van der Waals surface area contributed by atoms with E-state index < -0.39 is 4.92 Å². The maximum absolute atomic E-state index is 10.7. The average molecular weight is 298 g/mol. The Kier molecular flexibility index (Phi) is 5.42. The summed E-state index contributed by atoms with van der Waals surface area (Å²) in [5.74, 6) is -0.286. The third-order valence-electron chi connectivity index (χ3n) is 2.29. The number of nitro groups is 1. The zero-order valence-electron chi connectivity index (χ0n) is 12.1. The minimum absolute atomic E-state index is 0.0356. The van der Waals surface area contributed by atoms with Crippen molar-refractivity contribution in [1.29, 1.82) is 0 Å². The molecule has 0 amide bonds. The molecule has 9 nitrogen and oxygen atoms in total. The standard InChI is InChI=1S/C12H18N4O5/c1-12(2,3)21-5-4-20-11-9(10(13)15-17)6-8(7-14-11)16(18)19/h6-7,17H,4-5H2,1-3H3,(H2,13,15). The van der Waals surface area contributed by atoms with Gasteiger partial charge in [-0.1, -0.05) is 5.16 Å². The van der Waals surface area contributed by atoms with Gasteiger partial charge in [-0.05, 0) is 20.8 Å². The van der Waals surface area contributed by atoms with E-state index in [1.807, 2.05) is 20.8 Å². The molecular formula is C12H18N4O5. The quantitative estimate of drug-likeness (QED) is 0.202. The monoisotopic (exact) mass is 298 g/mol. The van der Waals surface area contributed by atoms with Crippen LogP contribution in [0.4, 0.5) is 5.69 Å². The molecule has 116 valence electrons. The molecule has 0 aromatic carbocycles. The van der Waals surface area contributed by atoms with Gasteiger partial charge in [0.05, 0.1) is 22.7 Å². The van der Waals surface area contributed by atoms with E-state index >= 15 is 0 Å². The number of hydrogen-bond donors (Lipinski definition) is 2. The SMILES string of the molecule is CC(C)(C)OCCOc1ncc([N+](=O)[O-])cc1C(N)=NO. The van der Waals surface area contributed by atoms with Gasteiger partial charge in [-0.15, -0.1) is 0 Å². The van der Waals surface area contributed by atoms with Gasteiger partial charge in [-0.3, -0.25) is 10.1 Å². The highest BCUT2D eigenvalue weighted by Crippen LogP contribution is 2.21. The zero-order valence-corrected chi connectivity index (χ0v) is 12.1. The molecule has 0 saturated carbocycles. The molecule has 3 N–H and O–H groups in total. The van der Waals surface area contributed by atoms with Crippen LogP contribution in [0.25, 0.3) is 0 Å². The molecule has 0 aliphatic rings. The molecule has 1 rings (SSSR count). The second-order valence-corrected chi connectivity index (χ2v) is 5.10. The summed E-state index contributed by atoms with van der Waals surface area (Å²) < 4.78 is 10.8. The molecule has 0 spiro atoms. The van der Waals surface area contributed by atoms with Crippen LogP contribution in [-0.4, -0.2) is 39.8 Å². The predicted molar refractivity (Wildman–Crippen MR) is 74.6 cm³/mol. The second kappa shape index (κ2) is 6.84.